The molecule has 0 spiro atoms. The first-order chi connectivity index (χ1) is 5.00. The molecule has 11 heavy (non-hydrogen) atoms. The highest BCUT2D eigenvalue weighted by atomic mass is 31.2. The van der Waals surface area contributed by atoms with Crippen molar-refractivity contribution >= 4 is 7.82 Å². The fourth-order valence-corrected chi connectivity index (χ4v) is 0.253. The normalized spacial score (nSPS) is 9.73. The zero-order chi connectivity index (χ0) is 8.74. The van der Waals surface area contributed by atoms with E-state index < -0.39 is 7.82 Å². The first-order valence-electron chi connectivity index (χ1n) is 2.48. The molecule has 0 aliphatic rings. The highest BCUT2D eigenvalue weighted by Gasteiger charge is 2.00. The molecule has 0 aliphatic carbocycles. The van der Waals surface area contributed by atoms with Crippen LogP contribution in [0.15, 0.2) is 24.8 Å². The van der Waals surface area contributed by atoms with Gasteiger partial charge in [0, 0.05) is 24.8 Å². The lowest BCUT2D eigenvalue weighted by Gasteiger charge is -1.82. The Morgan fingerprint density at radius 1 is 0.909 bits per heavy atom. The van der Waals surface area contributed by atoms with E-state index in [0.29, 0.717) is 0 Å². The quantitative estimate of drug-likeness (QED) is 0.465. The summed E-state index contributed by atoms with van der Waals surface area (Å²) in [5, 5.41) is 0. The second kappa shape index (κ2) is 4.92. The molecule has 0 fully saturated rings. The lowest BCUT2D eigenvalue weighted by molar-refractivity contribution is 0.275. The van der Waals surface area contributed by atoms with Gasteiger partial charge >= 0.3 is 7.82 Å². The van der Waals surface area contributed by atoms with Crippen molar-refractivity contribution in [3.05, 3.63) is 24.8 Å². The van der Waals surface area contributed by atoms with E-state index in [0.717, 1.165) is 0 Å². The molecule has 0 aromatic carbocycles. The van der Waals surface area contributed by atoms with Crippen molar-refractivity contribution in [1.82, 2.24) is 9.97 Å². The van der Waals surface area contributed by atoms with Crippen molar-refractivity contribution in [2.24, 2.45) is 0 Å². The first kappa shape index (κ1) is 10.2. The fraction of sp³-hybridized carbons (Fsp3) is 0. The lowest BCUT2D eigenvalue weighted by Crippen LogP contribution is -1.66. The van der Waals surface area contributed by atoms with Gasteiger partial charge in [0.1, 0.15) is 0 Å². The van der Waals surface area contributed by atoms with Gasteiger partial charge in [0.2, 0.25) is 0 Å². The summed E-state index contributed by atoms with van der Waals surface area (Å²) in [6, 6.07) is 0. The van der Waals surface area contributed by atoms with Crippen LogP contribution in [0.2, 0.25) is 0 Å². The van der Waals surface area contributed by atoms with E-state index in [9.17, 15) is 0 Å². The van der Waals surface area contributed by atoms with Gasteiger partial charge in [-0.25, -0.2) is 4.57 Å². The number of nitrogens with zero attached hydrogens (tertiary/aromatic N) is 2. The molecule has 3 N–H and O–H groups in total. The molecule has 0 radical (unpaired) electrons. The fourth-order valence-electron chi connectivity index (χ4n) is 0.253. The SMILES string of the molecule is O=P(O)(O)O.c1cnccn1. The highest BCUT2D eigenvalue weighted by molar-refractivity contribution is 7.45. The number of phosphoric acid groups is 1. The third kappa shape index (κ3) is 17.6. The molecule has 0 aliphatic heterocycles. The molecular weight excluding hydrogens is 171 g/mol. The maximum atomic E-state index is 8.88. The van der Waals surface area contributed by atoms with Crippen LogP contribution in [0.4, 0.5) is 0 Å². The van der Waals surface area contributed by atoms with Gasteiger partial charge in [-0.1, -0.05) is 0 Å². The minimum atomic E-state index is -4.64. The first-order valence-corrected chi connectivity index (χ1v) is 4.05. The summed E-state index contributed by atoms with van der Waals surface area (Å²) < 4.78 is 8.88. The molecule has 1 aromatic heterocycles. The van der Waals surface area contributed by atoms with Gasteiger partial charge < -0.3 is 14.7 Å². The van der Waals surface area contributed by atoms with Crippen molar-refractivity contribution in [2.45, 2.75) is 0 Å². The Morgan fingerprint density at radius 3 is 1.18 bits per heavy atom. The Kier molecular flexibility index (Phi) is 4.56. The van der Waals surface area contributed by atoms with Crippen LogP contribution in [0.3, 0.4) is 0 Å². The second-order valence-corrected chi connectivity index (χ2v) is 2.43. The van der Waals surface area contributed by atoms with E-state index >= 15 is 0 Å². The van der Waals surface area contributed by atoms with Crippen LogP contribution in [-0.4, -0.2) is 24.6 Å². The van der Waals surface area contributed by atoms with Gasteiger partial charge in [-0.05, 0) is 0 Å². The molecule has 0 saturated carbocycles. The molecule has 0 amide bonds. The molecule has 62 valence electrons. The Labute approximate surface area is 62.8 Å². The van der Waals surface area contributed by atoms with Crippen molar-refractivity contribution in [1.29, 1.82) is 0 Å². The molecule has 0 bridgehead atoms. The molecule has 7 heteroatoms. The summed E-state index contributed by atoms with van der Waals surface area (Å²) in [6.45, 7) is 0. The van der Waals surface area contributed by atoms with Gasteiger partial charge in [-0.3, -0.25) is 9.97 Å². The van der Waals surface area contributed by atoms with Crippen LogP contribution in [0.25, 0.3) is 0 Å². The number of aromatic nitrogens is 2. The standard InChI is InChI=1S/C4H4N2.H3O4P/c1-2-6-4-3-5-1;1-5(2,3)4/h1-4H;(H3,1,2,3,4). The molecule has 6 nitrogen and oxygen atoms in total. The van der Waals surface area contributed by atoms with Gasteiger partial charge in [-0.15, -0.1) is 0 Å². The summed E-state index contributed by atoms with van der Waals surface area (Å²) in [4.78, 5) is 29.0. The third-order valence-corrected chi connectivity index (χ3v) is 0.478. The monoisotopic (exact) mass is 178 g/mol. The molecule has 1 rings (SSSR count). The van der Waals surface area contributed by atoms with Crippen molar-refractivity contribution in [3.8, 4) is 0 Å². The number of hydrogen-bond acceptors (Lipinski definition) is 3. The zero-order valence-electron chi connectivity index (χ0n) is 5.40. The van der Waals surface area contributed by atoms with E-state index in [4.69, 9.17) is 19.2 Å². The minimum Gasteiger partial charge on any atom is -0.303 e. The van der Waals surface area contributed by atoms with Crippen LogP contribution >= 0.6 is 7.82 Å². The Balaban J connectivity index is 0.000000187. The molecular formula is C4H7N2O4P. The average molecular weight is 178 g/mol. The summed E-state index contributed by atoms with van der Waals surface area (Å²) in [5.74, 6) is 0. The minimum absolute atomic E-state index is 1.64. The van der Waals surface area contributed by atoms with Gasteiger partial charge in [0.05, 0.1) is 0 Å². The lowest BCUT2D eigenvalue weighted by atomic mass is 10.8. The van der Waals surface area contributed by atoms with Crippen LogP contribution in [-0.2, 0) is 4.57 Å². The summed E-state index contributed by atoms with van der Waals surface area (Å²) in [5.41, 5.74) is 0. The smallest absolute Gasteiger partial charge is 0.303 e. The molecule has 0 saturated heterocycles. The van der Waals surface area contributed by atoms with E-state index in [1.54, 1.807) is 24.8 Å². The highest BCUT2D eigenvalue weighted by Crippen LogP contribution is 2.25. The van der Waals surface area contributed by atoms with E-state index in [-0.39, 0.29) is 0 Å². The van der Waals surface area contributed by atoms with Crippen molar-refractivity contribution in [2.75, 3.05) is 0 Å². The van der Waals surface area contributed by atoms with Crippen LogP contribution in [0.5, 0.6) is 0 Å². The third-order valence-electron chi connectivity index (χ3n) is 0.478. The Hall–Kier alpha value is -0.810. The largest absolute Gasteiger partial charge is 0.466 e. The molecule has 0 unspecified atom stereocenters. The van der Waals surface area contributed by atoms with Crippen LogP contribution in [0.1, 0.15) is 0 Å². The van der Waals surface area contributed by atoms with E-state index in [1.807, 2.05) is 0 Å². The Bertz CT molecular complexity index is 188. The number of rotatable bonds is 0. The average Bonchev–Trinajstić information content (AvgIpc) is 1.88. The van der Waals surface area contributed by atoms with Crippen LogP contribution < -0.4 is 0 Å². The van der Waals surface area contributed by atoms with Gasteiger partial charge in [0.15, 0.2) is 0 Å². The summed E-state index contributed by atoms with van der Waals surface area (Å²) in [6.07, 6.45) is 6.56. The zero-order valence-corrected chi connectivity index (χ0v) is 6.30. The van der Waals surface area contributed by atoms with Crippen molar-refractivity contribution < 1.29 is 19.2 Å². The Morgan fingerprint density at radius 2 is 1.09 bits per heavy atom. The maximum Gasteiger partial charge on any atom is 0.466 e. The second-order valence-electron chi connectivity index (χ2n) is 1.41. The molecule has 1 aromatic rings. The van der Waals surface area contributed by atoms with Crippen molar-refractivity contribution in [3.63, 3.8) is 0 Å². The molecule has 0 atom stereocenters. The van der Waals surface area contributed by atoms with Gasteiger partial charge in [0.25, 0.3) is 0 Å². The topological polar surface area (TPSA) is 104 Å². The predicted molar refractivity (Wildman–Crippen MR) is 36.3 cm³/mol. The predicted octanol–water partition coefficient (Wildman–Crippen LogP) is -0.452. The molecule has 1 heterocycles. The van der Waals surface area contributed by atoms with E-state index in [2.05, 4.69) is 9.97 Å². The van der Waals surface area contributed by atoms with Gasteiger partial charge in [-0.2, -0.15) is 0 Å². The van der Waals surface area contributed by atoms with Crippen LogP contribution in [0, 0.1) is 0 Å². The maximum absolute atomic E-state index is 8.88. The summed E-state index contributed by atoms with van der Waals surface area (Å²) in [7, 11) is -4.64. The van der Waals surface area contributed by atoms with E-state index in [1.165, 1.54) is 0 Å². The summed E-state index contributed by atoms with van der Waals surface area (Å²) >= 11 is 0. The number of hydrogen-bond donors (Lipinski definition) is 3.